The highest BCUT2D eigenvalue weighted by atomic mass is 15.1. The van der Waals surface area contributed by atoms with Gasteiger partial charge in [0, 0.05) is 42.8 Å². The molecule has 0 unspecified atom stereocenters. The minimum Gasteiger partial charge on any atom is -0.371 e. The molecule has 1 aliphatic rings. The minimum absolute atomic E-state index is 0.327. The van der Waals surface area contributed by atoms with E-state index in [4.69, 9.17) is 5.73 Å². The van der Waals surface area contributed by atoms with Crippen LogP contribution in [0.5, 0.6) is 0 Å². The van der Waals surface area contributed by atoms with Crippen LogP contribution >= 0.6 is 0 Å². The first-order chi connectivity index (χ1) is 10.3. The third kappa shape index (κ3) is 2.88. The van der Waals surface area contributed by atoms with Crippen molar-refractivity contribution >= 4 is 5.69 Å². The highest BCUT2D eigenvalue weighted by molar-refractivity contribution is 5.72. The summed E-state index contributed by atoms with van der Waals surface area (Å²) >= 11 is 0. The molecule has 2 heterocycles. The number of nitriles is 1. The number of pyridine rings is 1. The van der Waals surface area contributed by atoms with E-state index in [1.54, 1.807) is 18.5 Å². The molecule has 3 rings (SSSR count). The third-order valence-electron chi connectivity index (χ3n) is 4.00. The SMILES string of the molecule is N#Cc1ccncc1-c1cccc(N2CCC(N)CC2)c1. The smallest absolute Gasteiger partial charge is 0.0999 e. The molecule has 1 fully saturated rings. The Labute approximate surface area is 124 Å². The molecule has 1 aromatic heterocycles. The van der Waals surface area contributed by atoms with Gasteiger partial charge in [-0.05, 0) is 36.6 Å². The van der Waals surface area contributed by atoms with Gasteiger partial charge in [-0.2, -0.15) is 5.26 Å². The molecule has 0 atom stereocenters. The Morgan fingerprint density at radius 1 is 1.24 bits per heavy atom. The van der Waals surface area contributed by atoms with Crippen molar-refractivity contribution in [3.8, 4) is 17.2 Å². The van der Waals surface area contributed by atoms with Crippen molar-refractivity contribution in [3.05, 3.63) is 48.3 Å². The van der Waals surface area contributed by atoms with Gasteiger partial charge in [-0.3, -0.25) is 4.98 Å². The maximum absolute atomic E-state index is 9.22. The average Bonchev–Trinajstić information content (AvgIpc) is 2.55. The lowest BCUT2D eigenvalue weighted by molar-refractivity contribution is 0.501. The van der Waals surface area contributed by atoms with E-state index < -0.39 is 0 Å². The van der Waals surface area contributed by atoms with Crippen LogP contribution in [-0.2, 0) is 0 Å². The first-order valence-corrected chi connectivity index (χ1v) is 7.23. The normalized spacial score (nSPS) is 15.7. The molecule has 0 radical (unpaired) electrons. The monoisotopic (exact) mass is 278 g/mol. The van der Waals surface area contributed by atoms with Crippen LogP contribution in [0.15, 0.2) is 42.7 Å². The molecule has 1 aromatic carbocycles. The Morgan fingerprint density at radius 2 is 2.05 bits per heavy atom. The molecule has 106 valence electrons. The molecule has 2 N–H and O–H groups in total. The van der Waals surface area contributed by atoms with Gasteiger partial charge in [0.25, 0.3) is 0 Å². The van der Waals surface area contributed by atoms with E-state index >= 15 is 0 Å². The molecule has 1 saturated heterocycles. The lowest BCUT2D eigenvalue weighted by atomic mass is 10.0. The van der Waals surface area contributed by atoms with Gasteiger partial charge in [-0.15, -0.1) is 0 Å². The number of nitrogens with zero attached hydrogens (tertiary/aromatic N) is 3. The fourth-order valence-electron chi connectivity index (χ4n) is 2.75. The van der Waals surface area contributed by atoms with Gasteiger partial charge >= 0.3 is 0 Å². The van der Waals surface area contributed by atoms with Gasteiger partial charge < -0.3 is 10.6 Å². The Hall–Kier alpha value is -2.38. The van der Waals surface area contributed by atoms with Gasteiger partial charge in [0.05, 0.1) is 11.6 Å². The van der Waals surface area contributed by atoms with Gasteiger partial charge in [-0.1, -0.05) is 12.1 Å². The van der Waals surface area contributed by atoms with E-state index in [1.807, 2.05) is 12.1 Å². The van der Waals surface area contributed by atoms with E-state index in [2.05, 4.69) is 28.1 Å². The molecule has 0 bridgehead atoms. The van der Waals surface area contributed by atoms with Crippen LogP contribution in [0.25, 0.3) is 11.1 Å². The fraction of sp³-hybridized carbons (Fsp3) is 0.294. The lowest BCUT2D eigenvalue weighted by Gasteiger charge is -2.32. The van der Waals surface area contributed by atoms with Gasteiger partial charge in [-0.25, -0.2) is 0 Å². The largest absolute Gasteiger partial charge is 0.371 e. The number of rotatable bonds is 2. The van der Waals surface area contributed by atoms with Crippen LogP contribution < -0.4 is 10.6 Å². The Balaban J connectivity index is 1.92. The summed E-state index contributed by atoms with van der Waals surface area (Å²) in [7, 11) is 0. The molecule has 0 amide bonds. The topological polar surface area (TPSA) is 65.9 Å². The van der Waals surface area contributed by atoms with Crippen LogP contribution in [0, 0.1) is 11.3 Å². The van der Waals surface area contributed by atoms with Crippen LogP contribution in [0.3, 0.4) is 0 Å². The van der Waals surface area contributed by atoms with Crippen molar-refractivity contribution in [3.63, 3.8) is 0 Å². The molecular formula is C17H18N4. The highest BCUT2D eigenvalue weighted by Crippen LogP contribution is 2.28. The van der Waals surface area contributed by atoms with E-state index in [-0.39, 0.29) is 0 Å². The Bertz CT molecular complexity index is 666. The zero-order valence-corrected chi connectivity index (χ0v) is 11.9. The van der Waals surface area contributed by atoms with Crippen molar-refractivity contribution in [2.45, 2.75) is 18.9 Å². The maximum Gasteiger partial charge on any atom is 0.0999 e. The van der Waals surface area contributed by atoms with Crippen LogP contribution in [0.4, 0.5) is 5.69 Å². The minimum atomic E-state index is 0.327. The maximum atomic E-state index is 9.22. The first kappa shape index (κ1) is 13.6. The highest BCUT2D eigenvalue weighted by Gasteiger charge is 2.16. The quantitative estimate of drug-likeness (QED) is 0.916. The zero-order valence-electron chi connectivity index (χ0n) is 11.9. The standard InChI is InChI=1S/C17H18N4/c18-11-14-4-7-20-12-17(14)13-2-1-3-16(10-13)21-8-5-15(19)6-9-21/h1-4,7,10,12,15H,5-6,8-9,19H2. The van der Waals surface area contributed by atoms with Gasteiger partial charge in [0.1, 0.15) is 0 Å². The summed E-state index contributed by atoms with van der Waals surface area (Å²) in [5.74, 6) is 0. The number of aromatic nitrogens is 1. The van der Waals surface area contributed by atoms with E-state index in [1.165, 1.54) is 5.69 Å². The molecule has 4 nitrogen and oxygen atoms in total. The molecule has 21 heavy (non-hydrogen) atoms. The molecule has 2 aromatic rings. The summed E-state index contributed by atoms with van der Waals surface area (Å²) in [5, 5.41) is 9.22. The fourth-order valence-corrected chi connectivity index (χ4v) is 2.75. The Morgan fingerprint density at radius 3 is 2.81 bits per heavy atom. The number of hydrogen-bond donors (Lipinski definition) is 1. The first-order valence-electron chi connectivity index (χ1n) is 7.23. The Kier molecular flexibility index (Phi) is 3.85. The van der Waals surface area contributed by atoms with E-state index in [9.17, 15) is 5.26 Å². The summed E-state index contributed by atoms with van der Waals surface area (Å²) in [5.41, 5.74) is 9.72. The second-order valence-corrected chi connectivity index (χ2v) is 5.41. The number of benzene rings is 1. The summed E-state index contributed by atoms with van der Waals surface area (Å²) < 4.78 is 0. The molecule has 4 heteroatoms. The van der Waals surface area contributed by atoms with Crippen LogP contribution in [0.1, 0.15) is 18.4 Å². The van der Waals surface area contributed by atoms with Crippen molar-refractivity contribution in [2.24, 2.45) is 5.73 Å². The van der Waals surface area contributed by atoms with Crippen LogP contribution in [-0.4, -0.2) is 24.1 Å². The second-order valence-electron chi connectivity index (χ2n) is 5.41. The number of hydrogen-bond acceptors (Lipinski definition) is 4. The molecule has 0 saturated carbocycles. The second kappa shape index (κ2) is 5.94. The van der Waals surface area contributed by atoms with Crippen molar-refractivity contribution in [1.82, 2.24) is 4.98 Å². The van der Waals surface area contributed by atoms with Crippen LogP contribution in [0.2, 0.25) is 0 Å². The number of nitrogens with two attached hydrogens (primary N) is 1. The summed E-state index contributed by atoms with van der Waals surface area (Å²) in [6.07, 6.45) is 5.46. The molecular weight excluding hydrogens is 260 g/mol. The summed E-state index contributed by atoms with van der Waals surface area (Å²) in [4.78, 5) is 6.50. The summed E-state index contributed by atoms with van der Waals surface area (Å²) in [6.45, 7) is 1.98. The van der Waals surface area contributed by atoms with Crippen molar-refractivity contribution in [2.75, 3.05) is 18.0 Å². The zero-order chi connectivity index (χ0) is 14.7. The van der Waals surface area contributed by atoms with Gasteiger partial charge in [0.15, 0.2) is 0 Å². The predicted octanol–water partition coefficient (Wildman–Crippen LogP) is 2.55. The molecule has 0 aliphatic carbocycles. The van der Waals surface area contributed by atoms with Gasteiger partial charge in [0.2, 0.25) is 0 Å². The van der Waals surface area contributed by atoms with Crippen molar-refractivity contribution in [1.29, 1.82) is 5.26 Å². The van der Waals surface area contributed by atoms with E-state index in [0.717, 1.165) is 37.1 Å². The lowest BCUT2D eigenvalue weighted by Crippen LogP contribution is -2.39. The average molecular weight is 278 g/mol. The molecule has 0 spiro atoms. The predicted molar refractivity (Wildman–Crippen MR) is 83.8 cm³/mol. The summed E-state index contributed by atoms with van der Waals surface area (Å²) in [6, 6.07) is 12.6. The van der Waals surface area contributed by atoms with E-state index in [0.29, 0.717) is 11.6 Å². The molecule has 1 aliphatic heterocycles. The number of anilines is 1. The van der Waals surface area contributed by atoms with Crippen molar-refractivity contribution < 1.29 is 0 Å². The number of piperidine rings is 1. The third-order valence-corrected chi connectivity index (χ3v) is 4.00.